The normalized spacial score (nSPS) is 20.2. The van der Waals surface area contributed by atoms with Crippen LogP contribution in [0.5, 0.6) is 0 Å². The van der Waals surface area contributed by atoms with E-state index in [2.05, 4.69) is 31.7 Å². The molecular formula is C11H14IN3. The first kappa shape index (κ1) is 10.9. The van der Waals surface area contributed by atoms with Crippen molar-refractivity contribution in [2.45, 2.75) is 6.42 Å². The molecule has 0 amide bonds. The topological polar surface area (TPSA) is 47.9 Å². The van der Waals surface area contributed by atoms with Gasteiger partial charge in [0.2, 0.25) is 0 Å². The van der Waals surface area contributed by atoms with Crippen molar-refractivity contribution in [3.63, 3.8) is 0 Å². The van der Waals surface area contributed by atoms with E-state index in [1.165, 1.54) is 0 Å². The fraction of sp³-hybridized carbons (Fsp3) is 0.364. The van der Waals surface area contributed by atoms with Crippen molar-refractivity contribution in [1.82, 2.24) is 5.32 Å². The van der Waals surface area contributed by atoms with Gasteiger partial charge in [-0.05, 0) is 19.0 Å². The minimum atomic E-state index is 0.371. The molecule has 4 heteroatoms. The van der Waals surface area contributed by atoms with Crippen LogP contribution in [0.1, 0.15) is 12.0 Å². The van der Waals surface area contributed by atoms with E-state index in [4.69, 9.17) is 5.41 Å². The zero-order chi connectivity index (χ0) is 10.7. The summed E-state index contributed by atoms with van der Waals surface area (Å²) in [5.41, 5.74) is 2.82. The van der Waals surface area contributed by atoms with Crippen molar-refractivity contribution < 1.29 is 0 Å². The number of hydrogen-bond acceptors (Lipinski definition) is 3. The smallest absolute Gasteiger partial charge is 0.0560 e. The summed E-state index contributed by atoms with van der Waals surface area (Å²) in [5, 5.41) is 11.5. The summed E-state index contributed by atoms with van der Waals surface area (Å²) in [4.78, 5) is 0. The maximum atomic E-state index is 8.19. The number of anilines is 1. The van der Waals surface area contributed by atoms with Gasteiger partial charge in [0.1, 0.15) is 0 Å². The Kier molecular flexibility index (Phi) is 3.58. The molecule has 80 valence electrons. The molecule has 1 saturated heterocycles. The average molecular weight is 315 g/mol. The fourth-order valence-electron chi connectivity index (χ4n) is 1.92. The Morgan fingerprint density at radius 2 is 2.27 bits per heavy atom. The van der Waals surface area contributed by atoms with Gasteiger partial charge in [-0.1, -0.05) is 18.2 Å². The Morgan fingerprint density at radius 1 is 1.47 bits per heavy atom. The van der Waals surface area contributed by atoms with E-state index >= 15 is 0 Å². The van der Waals surface area contributed by atoms with E-state index in [1.807, 2.05) is 24.3 Å². The molecule has 1 aliphatic rings. The van der Waals surface area contributed by atoms with Gasteiger partial charge in [-0.25, -0.2) is 0 Å². The molecule has 0 radical (unpaired) electrons. The average Bonchev–Trinajstić information content (AvgIpc) is 2.81. The first-order chi connectivity index (χ1) is 7.33. The van der Waals surface area contributed by atoms with Gasteiger partial charge in [0, 0.05) is 23.7 Å². The number of rotatable bonds is 3. The highest BCUT2D eigenvalue weighted by atomic mass is 127. The molecule has 0 saturated carbocycles. The summed E-state index contributed by atoms with van der Waals surface area (Å²) in [6.45, 7) is 1.97. The fourth-order valence-corrected chi connectivity index (χ4v) is 2.39. The molecule has 1 aromatic rings. The van der Waals surface area contributed by atoms with Crippen LogP contribution >= 0.6 is 22.9 Å². The van der Waals surface area contributed by atoms with Crippen LogP contribution < -0.4 is 8.85 Å². The molecule has 3 nitrogen and oxygen atoms in total. The first-order valence-electron chi connectivity index (χ1n) is 5.08. The largest absolute Gasteiger partial charge is 0.328 e. The van der Waals surface area contributed by atoms with Crippen LogP contribution in [0.3, 0.4) is 0 Å². The predicted octanol–water partition coefficient (Wildman–Crippen LogP) is 2.43. The van der Waals surface area contributed by atoms with Crippen LogP contribution in [-0.2, 0) is 0 Å². The van der Waals surface area contributed by atoms with E-state index < -0.39 is 0 Å². The lowest BCUT2D eigenvalue weighted by Crippen LogP contribution is -2.18. The van der Waals surface area contributed by atoms with Crippen molar-refractivity contribution in [2.24, 2.45) is 5.92 Å². The van der Waals surface area contributed by atoms with Gasteiger partial charge >= 0.3 is 0 Å². The molecule has 15 heavy (non-hydrogen) atoms. The van der Waals surface area contributed by atoms with Crippen LogP contribution in [0, 0.1) is 11.3 Å². The quantitative estimate of drug-likeness (QED) is 0.456. The van der Waals surface area contributed by atoms with Gasteiger partial charge in [0.05, 0.1) is 28.6 Å². The third-order valence-corrected chi connectivity index (χ3v) is 3.37. The lowest BCUT2D eigenvalue weighted by Gasteiger charge is -2.13. The number of hydrogen-bond donors (Lipinski definition) is 3. The van der Waals surface area contributed by atoms with E-state index in [-0.39, 0.29) is 0 Å². The third kappa shape index (κ3) is 2.31. The first-order valence-corrected chi connectivity index (χ1v) is 6.16. The molecule has 1 atom stereocenters. The maximum Gasteiger partial charge on any atom is 0.0560 e. The van der Waals surface area contributed by atoms with Crippen molar-refractivity contribution in [3.8, 4) is 0 Å². The van der Waals surface area contributed by atoms with E-state index in [0.29, 0.717) is 5.92 Å². The highest BCUT2D eigenvalue weighted by Gasteiger charge is 2.21. The number of halogens is 1. The van der Waals surface area contributed by atoms with E-state index in [1.54, 1.807) is 0 Å². The van der Waals surface area contributed by atoms with Crippen molar-refractivity contribution in [1.29, 1.82) is 5.41 Å². The van der Waals surface area contributed by atoms with Crippen LogP contribution in [0.2, 0.25) is 0 Å². The van der Waals surface area contributed by atoms with Crippen LogP contribution in [-0.4, -0.2) is 18.8 Å². The van der Waals surface area contributed by atoms with Crippen LogP contribution in [0.25, 0.3) is 0 Å². The third-order valence-electron chi connectivity index (χ3n) is 2.79. The monoisotopic (exact) mass is 315 g/mol. The minimum Gasteiger partial charge on any atom is -0.328 e. The molecule has 1 heterocycles. The highest BCUT2D eigenvalue weighted by molar-refractivity contribution is 14.1. The molecule has 1 aromatic carbocycles. The van der Waals surface area contributed by atoms with Gasteiger partial charge < -0.3 is 14.3 Å². The Balaban J connectivity index is 2.24. The summed E-state index contributed by atoms with van der Waals surface area (Å²) < 4.78 is 3.11. The second-order valence-corrected chi connectivity index (χ2v) is 4.28. The summed E-state index contributed by atoms with van der Waals surface area (Å²) in [5.74, 6) is 0.371. The Morgan fingerprint density at radius 3 is 2.93 bits per heavy atom. The van der Waals surface area contributed by atoms with Gasteiger partial charge in [-0.3, -0.25) is 0 Å². The Bertz CT molecular complexity index is 359. The van der Waals surface area contributed by atoms with Gasteiger partial charge in [0.25, 0.3) is 0 Å². The molecule has 0 aromatic heterocycles. The summed E-state index contributed by atoms with van der Waals surface area (Å²) in [6, 6.07) is 8.01. The summed E-state index contributed by atoms with van der Waals surface area (Å²) in [7, 11) is 0. The maximum absolute atomic E-state index is 8.19. The predicted molar refractivity (Wildman–Crippen MR) is 71.9 cm³/mol. The molecule has 1 unspecified atom stereocenters. The molecule has 1 aliphatic heterocycles. The summed E-state index contributed by atoms with van der Waals surface area (Å²) >= 11 is 2.11. The SMILES string of the molecule is N=C(c1ccccc1NI)C1CCNC1. The lowest BCUT2D eigenvalue weighted by atomic mass is 9.95. The van der Waals surface area contributed by atoms with E-state index in [9.17, 15) is 0 Å². The zero-order valence-corrected chi connectivity index (χ0v) is 10.5. The molecule has 3 N–H and O–H groups in total. The van der Waals surface area contributed by atoms with Crippen molar-refractivity contribution in [3.05, 3.63) is 29.8 Å². The summed E-state index contributed by atoms with van der Waals surface area (Å²) in [6.07, 6.45) is 1.08. The standard InChI is InChI=1S/C11H14IN3/c12-15-10-4-2-1-3-9(10)11(13)8-5-6-14-7-8/h1-4,8,13-15H,5-7H2. The van der Waals surface area contributed by atoms with Gasteiger partial charge in [-0.2, -0.15) is 0 Å². The molecule has 1 fully saturated rings. The number of nitrogens with one attached hydrogen (secondary N) is 3. The van der Waals surface area contributed by atoms with E-state index in [0.717, 1.165) is 36.5 Å². The zero-order valence-electron chi connectivity index (χ0n) is 8.39. The minimum absolute atomic E-state index is 0.371. The molecule has 2 rings (SSSR count). The molecule has 0 aliphatic carbocycles. The van der Waals surface area contributed by atoms with Gasteiger partial charge in [-0.15, -0.1) is 0 Å². The van der Waals surface area contributed by atoms with Crippen LogP contribution in [0.4, 0.5) is 5.69 Å². The van der Waals surface area contributed by atoms with Crippen molar-refractivity contribution >= 4 is 34.3 Å². The van der Waals surface area contributed by atoms with Crippen LogP contribution in [0.15, 0.2) is 24.3 Å². The number of para-hydroxylation sites is 1. The van der Waals surface area contributed by atoms with Crippen molar-refractivity contribution in [2.75, 3.05) is 16.6 Å². The Hall–Kier alpha value is -0.620. The highest BCUT2D eigenvalue weighted by Crippen LogP contribution is 2.22. The second kappa shape index (κ2) is 4.94. The Labute approximate surface area is 104 Å². The molecular weight excluding hydrogens is 301 g/mol. The molecule has 0 bridgehead atoms. The molecule has 0 spiro atoms. The second-order valence-electron chi connectivity index (χ2n) is 3.74. The van der Waals surface area contributed by atoms with Gasteiger partial charge in [0.15, 0.2) is 0 Å². The number of benzene rings is 1. The lowest BCUT2D eigenvalue weighted by molar-refractivity contribution is 0.768.